The molecule has 2 heterocycles. The van der Waals surface area contributed by atoms with Crippen molar-refractivity contribution in [3.8, 4) is 17.1 Å². The van der Waals surface area contributed by atoms with Crippen LogP contribution in [0.25, 0.3) is 17.1 Å². The summed E-state index contributed by atoms with van der Waals surface area (Å²) >= 11 is 0. The molecule has 166 valence electrons. The topological polar surface area (TPSA) is 54.3 Å². The first-order chi connectivity index (χ1) is 16.1. The molecule has 0 bridgehead atoms. The number of carbonyl (C=O) groups is 1. The Labute approximate surface area is 194 Å². The molecule has 6 nitrogen and oxygen atoms in total. The molecule has 0 atom stereocenters. The van der Waals surface area contributed by atoms with Crippen molar-refractivity contribution < 1.29 is 4.79 Å². The van der Waals surface area contributed by atoms with E-state index in [1.54, 1.807) is 4.68 Å². The molecule has 0 radical (unpaired) electrons. The van der Waals surface area contributed by atoms with Crippen LogP contribution in [0, 0.1) is 13.8 Å². The fourth-order valence-corrected chi connectivity index (χ4v) is 4.30. The lowest BCUT2D eigenvalue weighted by molar-refractivity contribution is 0.0734. The normalized spacial score (nSPS) is 13.9. The Kier molecular flexibility index (Phi) is 5.65. The third-order valence-electron chi connectivity index (χ3n) is 6.31. The molecule has 5 rings (SSSR count). The summed E-state index contributed by atoms with van der Waals surface area (Å²) in [5.74, 6) is 0.777. The first-order valence-corrected chi connectivity index (χ1v) is 11.3. The zero-order chi connectivity index (χ0) is 22.8. The molecule has 0 saturated carbocycles. The van der Waals surface area contributed by atoms with Crippen LogP contribution in [-0.4, -0.2) is 51.8 Å². The van der Waals surface area contributed by atoms with Gasteiger partial charge < -0.3 is 9.80 Å². The number of anilines is 1. The van der Waals surface area contributed by atoms with Crippen LogP contribution in [-0.2, 0) is 0 Å². The summed E-state index contributed by atoms with van der Waals surface area (Å²) in [5, 5.41) is 4.64. The molecule has 6 heteroatoms. The van der Waals surface area contributed by atoms with Gasteiger partial charge in [-0.3, -0.25) is 4.79 Å². The third-order valence-corrected chi connectivity index (χ3v) is 6.31. The van der Waals surface area contributed by atoms with Crippen LogP contribution in [0.1, 0.15) is 21.7 Å². The van der Waals surface area contributed by atoms with Crippen molar-refractivity contribution in [2.45, 2.75) is 13.8 Å². The number of hydrogen-bond donors (Lipinski definition) is 0. The zero-order valence-corrected chi connectivity index (χ0v) is 19.0. The summed E-state index contributed by atoms with van der Waals surface area (Å²) in [4.78, 5) is 22.3. The monoisotopic (exact) mass is 437 g/mol. The predicted molar refractivity (Wildman–Crippen MR) is 131 cm³/mol. The van der Waals surface area contributed by atoms with Crippen molar-refractivity contribution in [1.82, 2.24) is 19.7 Å². The molecule has 0 aliphatic carbocycles. The SMILES string of the molecule is Cc1cccc(N2CCN(C(=O)c3nc(-c4ccccc4)n(-c4ccccc4)n3)CC2)c1C. The maximum atomic E-state index is 13.4. The van der Waals surface area contributed by atoms with Gasteiger partial charge in [-0.1, -0.05) is 60.7 Å². The average Bonchev–Trinajstić information content (AvgIpc) is 3.32. The maximum absolute atomic E-state index is 13.4. The first kappa shape index (κ1) is 20.9. The number of piperazine rings is 1. The number of hydrogen-bond acceptors (Lipinski definition) is 4. The van der Waals surface area contributed by atoms with Gasteiger partial charge in [-0.05, 0) is 43.2 Å². The molecular formula is C27H27N5O. The minimum absolute atomic E-state index is 0.123. The van der Waals surface area contributed by atoms with Gasteiger partial charge in [0.25, 0.3) is 5.91 Å². The third kappa shape index (κ3) is 4.12. The predicted octanol–water partition coefficient (Wildman–Crippen LogP) is 4.51. The summed E-state index contributed by atoms with van der Waals surface area (Å²) in [7, 11) is 0. The lowest BCUT2D eigenvalue weighted by atomic mass is 10.1. The van der Waals surface area contributed by atoms with Crippen molar-refractivity contribution >= 4 is 11.6 Å². The van der Waals surface area contributed by atoms with Gasteiger partial charge >= 0.3 is 0 Å². The summed E-state index contributed by atoms with van der Waals surface area (Å²) < 4.78 is 1.76. The minimum Gasteiger partial charge on any atom is -0.368 e. The second kappa shape index (κ2) is 8.90. The highest BCUT2D eigenvalue weighted by Gasteiger charge is 2.27. The summed E-state index contributed by atoms with van der Waals surface area (Å²) in [5.41, 5.74) is 5.64. The minimum atomic E-state index is -0.123. The van der Waals surface area contributed by atoms with Crippen LogP contribution < -0.4 is 4.90 Å². The Morgan fingerprint density at radius 3 is 2.15 bits per heavy atom. The van der Waals surface area contributed by atoms with E-state index < -0.39 is 0 Å². The molecule has 33 heavy (non-hydrogen) atoms. The van der Waals surface area contributed by atoms with E-state index in [-0.39, 0.29) is 11.7 Å². The van der Waals surface area contributed by atoms with Crippen molar-refractivity contribution in [3.05, 3.63) is 95.8 Å². The average molecular weight is 438 g/mol. The molecule has 0 spiro atoms. The number of nitrogens with zero attached hydrogens (tertiary/aromatic N) is 5. The van der Waals surface area contributed by atoms with Gasteiger partial charge in [0.15, 0.2) is 5.82 Å². The fourth-order valence-electron chi connectivity index (χ4n) is 4.30. The summed E-state index contributed by atoms with van der Waals surface area (Å²) in [6.07, 6.45) is 0. The number of aromatic nitrogens is 3. The molecule has 1 fully saturated rings. The molecule has 3 aromatic carbocycles. The van der Waals surface area contributed by atoms with Gasteiger partial charge in [0.1, 0.15) is 0 Å². The van der Waals surface area contributed by atoms with Crippen LogP contribution in [0.5, 0.6) is 0 Å². The number of amides is 1. The van der Waals surface area contributed by atoms with E-state index in [0.29, 0.717) is 18.9 Å². The standard InChI is InChI=1S/C27H27N5O/c1-20-10-9-15-24(21(20)2)30-16-18-31(19-17-30)27(33)25-28-26(22-11-5-3-6-12-22)32(29-25)23-13-7-4-8-14-23/h3-15H,16-19H2,1-2H3. The van der Waals surface area contributed by atoms with Gasteiger partial charge in [-0.2, -0.15) is 0 Å². The van der Waals surface area contributed by atoms with Gasteiger partial charge in [0.2, 0.25) is 5.82 Å². The van der Waals surface area contributed by atoms with E-state index in [9.17, 15) is 4.79 Å². The largest absolute Gasteiger partial charge is 0.368 e. The van der Waals surface area contributed by atoms with E-state index in [1.807, 2.05) is 65.6 Å². The molecule has 1 saturated heterocycles. The maximum Gasteiger partial charge on any atom is 0.293 e. The Balaban J connectivity index is 1.39. The van der Waals surface area contributed by atoms with Crippen molar-refractivity contribution in [3.63, 3.8) is 0 Å². The highest BCUT2D eigenvalue weighted by Crippen LogP contribution is 2.25. The van der Waals surface area contributed by atoms with Gasteiger partial charge in [-0.25, -0.2) is 9.67 Å². The first-order valence-electron chi connectivity index (χ1n) is 11.3. The van der Waals surface area contributed by atoms with Gasteiger partial charge in [-0.15, -0.1) is 5.10 Å². The van der Waals surface area contributed by atoms with Gasteiger partial charge in [0, 0.05) is 37.4 Å². The highest BCUT2D eigenvalue weighted by atomic mass is 16.2. The van der Waals surface area contributed by atoms with Crippen molar-refractivity contribution in [2.24, 2.45) is 0 Å². The molecule has 1 aliphatic rings. The second-order valence-electron chi connectivity index (χ2n) is 8.37. The second-order valence-corrected chi connectivity index (χ2v) is 8.37. The van der Waals surface area contributed by atoms with Crippen LogP contribution in [0.4, 0.5) is 5.69 Å². The van der Waals surface area contributed by atoms with Crippen molar-refractivity contribution in [1.29, 1.82) is 0 Å². The molecule has 1 aromatic heterocycles. The Morgan fingerprint density at radius 2 is 1.45 bits per heavy atom. The van der Waals surface area contributed by atoms with E-state index in [0.717, 1.165) is 24.3 Å². The zero-order valence-electron chi connectivity index (χ0n) is 19.0. The van der Waals surface area contributed by atoms with E-state index in [1.165, 1.54) is 16.8 Å². The molecular weight excluding hydrogens is 410 g/mol. The molecule has 0 N–H and O–H groups in total. The summed E-state index contributed by atoms with van der Waals surface area (Å²) in [6, 6.07) is 26.1. The fraction of sp³-hybridized carbons (Fsp3) is 0.222. The molecule has 1 aliphatic heterocycles. The van der Waals surface area contributed by atoms with Crippen LogP contribution in [0.3, 0.4) is 0 Å². The number of para-hydroxylation sites is 1. The Bertz CT molecular complexity index is 1200. The van der Waals surface area contributed by atoms with Crippen LogP contribution in [0.2, 0.25) is 0 Å². The number of benzene rings is 3. The van der Waals surface area contributed by atoms with Crippen LogP contribution in [0.15, 0.2) is 78.9 Å². The van der Waals surface area contributed by atoms with E-state index >= 15 is 0 Å². The Hall–Kier alpha value is -3.93. The smallest absolute Gasteiger partial charge is 0.293 e. The Morgan fingerprint density at radius 1 is 0.788 bits per heavy atom. The van der Waals surface area contributed by atoms with E-state index in [4.69, 9.17) is 0 Å². The van der Waals surface area contributed by atoms with Gasteiger partial charge in [0.05, 0.1) is 5.69 Å². The van der Waals surface area contributed by atoms with Crippen molar-refractivity contribution in [2.75, 3.05) is 31.1 Å². The highest BCUT2D eigenvalue weighted by molar-refractivity contribution is 5.91. The lowest BCUT2D eigenvalue weighted by Crippen LogP contribution is -2.49. The van der Waals surface area contributed by atoms with Crippen LogP contribution >= 0.6 is 0 Å². The molecule has 0 unspecified atom stereocenters. The summed E-state index contributed by atoms with van der Waals surface area (Å²) in [6.45, 7) is 7.17. The lowest BCUT2D eigenvalue weighted by Gasteiger charge is -2.36. The number of rotatable bonds is 4. The molecule has 1 amide bonds. The molecule has 4 aromatic rings. The number of carbonyl (C=O) groups excluding carboxylic acids is 1. The van der Waals surface area contributed by atoms with E-state index in [2.05, 4.69) is 47.0 Å². The number of aryl methyl sites for hydroxylation is 1. The quantitative estimate of drug-likeness (QED) is 0.471.